The van der Waals surface area contributed by atoms with Crippen molar-refractivity contribution in [3.05, 3.63) is 58.1 Å². The molecule has 2 aromatic heterocycles. The summed E-state index contributed by atoms with van der Waals surface area (Å²) < 4.78 is 32.8. The van der Waals surface area contributed by atoms with E-state index in [2.05, 4.69) is 39.3 Å². The molecule has 1 N–H and O–H groups in total. The van der Waals surface area contributed by atoms with Crippen LogP contribution in [0, 0.1) is 17.8 Å². The summed E-state index contributed by atoms with van der Waals surface area (Å²) in [6, 6.07) is 10.8. The normalized spacial score (nSPS) is 20.9. The summed E-state index contributed by atoms with van der Waals surface area (Å²) in [5.41, 5.74) is 3.07. The van der Waals surface area contributed by atoms with Crippen LogP contribution in [-0.2, 0) is 23.6 Å². The van der Waals surface area contributed by atoms with Crippen LogP contribution in [-0.4, -0.2) is 28.6 Å². The number of rotatable bonds is 5. The predicted molar refractivity (Wildman–Crippen MR) is 140 cm³/mol. The van der Waals surface area contributed by atoms with Gasteiger partial charge in [-0.05, 0) is 66.8 Å². The fourth-order valence-electron chi connectivity index (χ4n) is 5.10. The van der Waals surface area contributed by atoms with Gasteiger partial charge in [-0.3, -0.25) is 9.13 Å². The number of fused-ring (bicyclic) bond motifs is 1. The number of aromatic nitrogens is 3. The van der Waals surface area contributed by atoms with E-state index in [1.54, 1.807) is 34.4 Å². The maximum Gasteiger partial charge on any atom is 0.330 e. The maximum atomic E-state index is 13.2. The van der Waals surface area contributed by atoms with E-state index in [0.717, 1.165) is 29.6 Å². The zero-order valence-corrected chi connectivity index (χ0v) is 22.7. The molecule has 2 unspecified atom stereocenters. The first kappa shape index (κ1) is 25.6. The van der Waals surface area contributed by atoms with Crippen molar-refractivity contribution in [2.75, 3.05) is 0 Å². The van der Waals surface area contributed by atoms with Gasteiger partial charge in [0.2, 0.25) is 10.0 Å². The van der Waals surface area contributed by atoms with E-state index in [9.17, 15) is 13.2 Å². The number of benzene rings is 1. The third kappa shape index (κ3) is 5.23. The zero-order chi connectivity index (χ0) is 25.8. The zero-order valence-electron chi connectivity index (χ0n) is 21.9. The second kappa shape index (κ2) is 8.89. The summed E-state index contributed by atoms with van der Waals surface area (Å²) in [4.78, 5) is 18.1. The van der Waals surface area contributed by atoms with Gasteiger partial charge >= 0.3 is 5.69 Å². The van der Waals surface area contributed by atoms with Crippen molar-refractivity contribution in [3.8, 4) is 0 Å². The van der Waals surface area contributed by atoms with Crippen molar-refractivity contribution >= 4 is 21.2 Å². The monoisotopic (exact) mass is 498 g/mol. The first-order valence-corrected chi connectivity index (χ1v) is 13.8. The van der Waals surface area contributed by atoms with Crippen molar-refractivity contribution in [2.24, 2.45) is 17.9 Å². The highest BCUT2D eigenvalue weighted by atomic mass is 32.2. The van der Waals surface area contributed by atoms with Gasteiger partial charge in [-0.25, -0.2) is 22.9 Å². The second-order valence-corrected chi connectivity index (χ2v) is 13.7. The van der Waals surface area contributed by atoms with Crippen LogP contribution in [0.3, 0.4) is 0 Å². The Morgan fingerprint density at radius 2 is 1.89 bits per heavy atom. The number of pyridine rings is 1. The fraction of sp³-hybridized carbons (Fsp3) is 0.556. The molecule has 2 heterocycles. The summed E-state index contributed by atoms with van der Waals surface area (Å²) in [6.07, 6.45) is 2.46. The van der Waals surface area contributed by atoms with Crippen LogP contribution < -0.4 is 10.4 Å². The summed E-state index contributed by atoms with van der Waals surface area (Å²) in [6.45, 7) is 13.1. The van der Waals surface area contributed by atoms with Crippen molar-refractivity contribution in [3.63, 3.8) is 0 Å². The van der Waals surface area contributed by atoms with Crippen molar-refractivity contribution in [1.82, 2.24) is 18.8 Å². The Morgan fingerprint density at radius 3 is 2.54 bits per heavy atom. The second-order valence-electron chi connectivity index (χ2n) is 12.0. The lowest BCUT2D eigenvalue weighted by Crippen LogP contribution is -2.48. The third-order valence-electron chi connectivity index (χ3n) is 7.25. The Bertz CT molecular complexity index is 1410. The van der Waals surface area contributed by atoms with Crippen LogP contribution >= 0.6 is 0 Å². The lowest BCUT2D eigenvalue weighted by molar-refractivity contribution is 0.170. The highest BCUT2D eigenvalue weighted by Gasteiger charge is 2.40. The van der Waals surface area contributed by atoms with E-state index >= 15 is 0 Å². The van der Waals surface area contributed by atoms with Gasteiger partial charge in [-0.2, -0.15) is 0 Å². The molecule has 0 saturated heterocycles. The van der Waals surface area contributed by atoms with Crippen LogP contribution in [0.25, 0.3) is 11.2 Å². The Kier molecular flexibility index (Phi) is 6.51. The van der Waals surface area contributed by atoms with Crippen molar-refractivity contribution in [2.45, 2.75) is 84.2 Å². The van der Waals surface area contributed by atoms with Gasteiger partial charge in [-0.15, -0.1) is 0 Å². The molecule has 0 amide bonds. The predicted octanol–water partition coefficient (Wildman–Crippen LogP) is 4.73. The van der Waals surface area contributed by atoms with Gasteiger partial charge in [0.25, 0.3) is 0 Å². The van der Waals surface area contributed by atoms with E-state index in [-0.39, 0.29) is 28.5 Å². The molecule has 0 spiro atoms. The number of sulfonamides is 1. The minimum absolute atomic E-state index is 0.0343. The molecule has 8 heteroatoms. The van der Waals surface area contributed by atoms with E-state index in [1.807, 2.05) is 25.1 Å². The van der Waals surface area contributed by atoms with Crippen LogP contribution in [0.4, 0.5) is 0 Å². The standard InChI is InChI=1S/C27H38N4O3S/c1-18-9-8-10-20(15-18)35(33,34)29-23-16-19(13-14-27(23,5)6)21-11-12-22-24(28-21)30(7)25(32)31(22)17-26(2,3)4/h8-12,15,19,23,29H,13-14,16-17H2,1-7H3. The Hall–Kier alpha value is -2.45. The minimum Gasteiger partial charge on any atom is -0.290 e. The Labute approximate surface area is 208 Å². The fourth-order valence-corrected chi connectivity index (χ4v) is 6.62. The summed E-state index contributed by atoms with van der Waals surface area (Å²) >= 11 is 0. The number of hydrogen-bond acceptors (Lipinski definition) is 4. The number of nitrogens with one attached hydrogen (secondary N) is 1. The SMILES string of the molecule is Cc1cccc(S(=O)(=O)NC2CC(c3ccc4c(n3)n(C)c(=O)n4CC(C)(C)C)CCC2(C)C)c1. The van der Waals surface area contributed by atoms with E-state index in [0.29, 0.717) is 23.5 Å². The molecular formula is C27H38N4O3S. The number of hydrogen-bond donors (Lipinski definition) is 1. The number of nitrogens with zero attached hydrogens (tertiary/aromatic N) is 3. The highest BCUT2D eigenvalue weighted by molar-refractivity contribution is 7.89. The van der Waals surface area contributed by atoms with E-state index < -0.39 is 10.0 Å². The van der Waals surface area contributed by atoms with Crippen molar-refractivity contribution < 1.29 is 8.42 Å². The molecule has 1 saturated carbocycles. The molecule has 0 bridgehead atoms. The quantitative estimate of drug-likeness (QED) is 0.551. The molecule has 1 aromatic carbocycles. The van der Waals surface area contributed by atoms with Gasteiger partial charge < -0.3 is 0 Å². The molecule has 1 aliphatic rings. The molecular weight excluding hydrogens is 460 g/mol. The molecule has 0 radical (unpaired) electrons. The highest BCUT2D eigenvalue weighted by Crippen LogP contribution is 2.43. The molecule has 0 aliphatic heterocycles. The van der Waals surface area contributed by atoms with Gasteiger partial charge in [0, 0.05) is 31.2 Å². The first-order valence-electron chi connectivity index (χ1n) is 12.3. The molecule has 1 aliphatic carbocycles. The molecule has 7 nitrogen and oxygen atoms in total. The smallest absolute Gasteiger partial charge is 0.290 e. The average Bonchev–Trinajstić information content (AvgIpc) is 2.98. The molecule has 4 rings (SSSR count). The van der Waals surface area contributed by atoms with Crippen LogP contribution in [0.15, 0.2) is 46.1 Å². The molecule has 190 valence electrons. The Morgan fingerprint density at radius 1 is 1.17 bits per heavy atom. The van der Waals surface area contributed by atoms with Gasteiger partial charge in [0.05, 0.1) is 10.4 Å². The molecule has 35 heavy (non-hydrogen) atoms. The first-order chi connectivity index (χ1) is 16.2. The summed E-state index contributed by atoms with van der Waals surface area (Å²) in [5, 5.41) is 0. The molecule has 2 atom stereocenters. The van der Waals surface area contributed by atoms with E-state index in [1.165, 1.54) is 0 Å². The number of aryl methyl sites for hydroxylation is 2. The average molecular weight is 499 g/mol. The maximum absolute atomic E-state index is 13.2. The lowest BCUT2D eigenvalue weighted by atomic mass is 9.69. The number of imidazole rings is 1. The van der Waals surface area contributed by atoms with Gasteiger partial charge in [0.1, 0.15) is 0 Å². The Balaban J connectivity index is 1.64. The van der Waals surface area contributed by atoms with Gasteiger partial charge in [-0.1, -0.05) is 46.8 Å². The molecule has 3 aromatic rings. The third-order valence-corrected chi connectivity index (χ3v) is 8.72. The summed E-state index contributed by atoms with van der Waals surface area (Å²) in [7, 11) is -1.87. The van der Waals surface area contributed by atoms with Crippen LogP contribution in [0.1, 0.15) is 71.1 Å². The van der Waals surface area contributed by atoms with Gasteiger partial charge in [0.15, 0.2) is 5.65 Å². The lowest BCUT2D eigenvalue weighted by Gasteiger charge is -2.42. The summed E-state index contributed by atoms with van der Waals surface area (Å²) in [5.74, 6) is 0.110. The van der Waals surface area contributed by atoms with Crippen LogP contribution in [0.2, 0.25) is 0 Å². The van der Waals surface area contributed by atoms with Crippen molar-refractivity contribution in [1.29, 1.82) is 0 Å². The van der Waals surface area contributed by atoms with E-state index in [4.69, 9.17) is 4.98 Å². The van der Waals surface area contributed by atoms with Crippen LogP contribution in [0.5, 0.6) is 0 Å². The molecule has 1 fully saturated rings. The minimum atomic E-state index is -3.64. The topological polar surface area (TPSA) is 86.0 Å². The largest absolute Gasteiger partial charge is 0.330 e.